The molecule has 1 heterocycles. The van der Waals surface area contributed by atoms with Crippen molar-refractivity contribution in [2.75, 3.05) is 31.1 Å². The second kappa shape index (κ2) is 9.87. The molecule has 1 aromatic rings. The number of hydrogen-bond acceptors (Lipinski definition) is 2. The van der Waals surface area contributed by atoms with Gasteiger partial charge in [0.25, 0.3) is 0 Å². The van der Waals surface area contributed by atoms with E-state index in [2.05, 4.69) is 64.7 Å². The van der Waals surface area contributed by atoms with Crippen LogP contribution in [0.4, 0.5) is 5.69 Å². The molecule has 118 valence electrons. The fraction of sp³-hybridized carbons (Fsp3) is 0.562. The standard InChI is InChI=1S/C16H26N4.HI/c1-3-11-18-16(17-4-2)19-14-10-12-20(13-14)15-8-6-5-7-9-15;/h5-9,14H,3-4,10-13H2,1-2H3,(H2,17,18,19);1H. The average Bonchev–Trinajstić information content (AvgIpc) is 2.94. The van der Waals surface area contributed by atoms with Crippen LogP contribution in [0.2, 0.25) is 0 Å². The Labute approximate surface area is 145 Å². The second-order valence-electron chi connectivity index (χ2n) is 5.17. The molecule has 1 unspecified atom stereocenters. The number of halogens is 1. The van der Waals surface area contributed by atoms with Gasteiger partial charge in [-0.25, -0.2) is 0 Å². The van der Waals surface area contributed by atoms with Gasteiger partial charge in [0, 0.05) is 37.9 Å². The van der Waals surface area contributed by atoms with Crippen LogP contribution >= 0.6 is 24.0 Å². The molecule has 0 aliphatic carbocycles. The lowest BCUT2D eigenvalue weighted by Gasteiger charge is -2.20. The molecule has 2 N–H and O–H groups in total. The SMILES string of the molecule is CCCN=C(NCC)NC1CCN(c2ccccc2)C1.I. The highest BCUT2D eigenvalue weighted by Gasteiger charge is 2.23. The predicted octanol–water partition coefficient (Wildman–Crippen LogP) is 2.85. The molecule has 1 aromatic carbocycles. The molecule has 2 rings (SSSR count). The Morgan fingerprint density at radius 1 is 1.29 bits per heavy atom. The van der Waals surface area contributed by atoms with E-state index < -0.39 is 0 Å². The van der Waals surface area contributed by atoms with Gasteiger partial charge in [0.15, 0.2) is 5.96 Å². The lowest BCUT2D eigenvalue weighted by atomic mass is 10.3. The molecule has 0 amide bonds. The summed E-state index contributed by atoms with van der Waals surface area (Å²) in [5, 5.41) is 6.87. The Kier molecular flexibility index (Phi) is 8.49. The Morgan fingerprint density at radius 3 is 2.71 bits per heavy atom. The van der Waals surface area contributed by atoms with Gasteiger partial charge in [0.1, 0.15) is 0 Å². The van der Waals surface area contributed by atoms with E-state index in [1.165, 1.54) is 5.69 Å². The molecular formula is C16H27IN4. The number of guanidine groups is 1. The summed E-state index contributed by atoms with van der Waals surface area (Å²) in [5.74, 6) is 0.953. The minimum Gasteiger partial charge on any atom is -0.369 e. The van der Waals surface area contributed by atoms with Gasteiger partial charge in [0.05, 0.1) is 0 Å². The number of para-hydroxylation sites is 1. The zero-order valence-electron chi connectivity index (χ0n) is 13.0. The van der Waals surface area contributed by atoms with Gasteiger partial charge in [0.2, 0.25) is 0 Å². The molecule has 4 nitrogen and oxygen atoms in total. The summed E-state index contributed by atoms with van der Waals surface area (Å²) in [5.41, 5.74) is 1.31. The summed E-state index contributed by atoms with van der Waals surface area (Å²) < 4.78 is 0. The van der Waals surface area contributed by atoms with Crippen molar-refractivity contribution < 1.29 is 0 Å². The van der Waals surface area contributed by atoms with Crippen molar-refractivity contribution in [2.45, 2.75) is 32.7 Å². The minimum absolute atomic E-state index is 0. The van der Waals surface area contributed by atoms with Crippen LogP contribution < -0.4 is 15.5 Å². The first-order valence-corrected chi connectivity index (χ1v) is 7.68. The first-order chi connectivity index (χ1) is 9.83. The third kappa shape index (κ3) is 5.73. The summed E-state index contributed by atoms with van der Waals surface area (Å²) in [6.45, 7) is 8.19. The third-order valence-electron chi connectivity index (χ3n) is 3.49. The van der Waals surface area contributed by atoms with E-state index in [0.717, 1.165) is 45.0 Å². The molecule has 0 saturated carbocycles. The van der Waals surface area contributed by atoms with Crippen LogP contribution in [0.3, 0.4) is 0 Å². The fourth-order valence-electron chi connectivity index (χ4n) is 2.49. The Morgan fingerprint density at radius 2 is 2.05 bits per heavy atom. The number of nitrogens with one attached hydrogen (secondary N) is 2. The summed E-state index contributed by atoms with van der Waals surface area (Å²) in [7, 11) is 0. The summed E-state index contributed by atoms with van der Waals surface area (Å²) in [6, 6.07) is 11.1. The molecule has 1 aliphatic heterocycles. The molecule has 0 spiro atoms. The van der Waals surface area contributed by atoms with Gasteiger partial charge in [-0.2, -0.15) is 0 Å². The van der Waals surface area contributed by atoms with Crippen LogP contribution in [0.5, 0.6) is 0 Å². The van der Waals surface area contributed by atoms with E-state index in [4.69, 9.17) is 0 Å². The van der Waals surface area contributed by atoms with Crippen molar-refractivity contribution in [3.63, 3.8) is 0 Å². The summed E-state index contributed by atoms with van der Waals surface area (Å²) in [6.07, 6.45) is 2.24. The Balaban J connectivity index is 0.00000220. The van der Waals surface area contributed by atoms with Crippen LogP contribution in [0, 0.1) is 0 Å². The molecule has 0 aromatic heterocycles. The number of benzene rings is 1. The van der Waals surface area contributed by atoms with Gasteiger partial charge >= 0.3 is 0 Å². The zero-order valence-corrected chi connectivity index (χ0v) is 15.3. The van der Waals surface area contributed by atoms with Crippen LogP contribution in [-0.4, -0.2) is 38.2 Å². The van der Waals surface area contributed by atoms with E-state index in [-0.39, 0.29) is 24.0 Å². The summed E-state index contributed by atoms with van der Waals surface area (Å²) >= 11 is 0. The molecule has 1 aliphatic rings. The summed E-state index contributed by atoms with van der Waals surface area (Å²) in [4.78, 5) is 7.00. The normalized spacial score (nSPS) is 18.3. The van der Waals surface area contributed by atoms with Gasteiger partial charge in [-0.1, -0.05) is 25.1 Å². The van der Waals surface area contributed by atoms with Crippen molar-refractivity contribution >= 4 is 35.6 Å². The Hall–Kier alpha value is -0.980. The molecule has 0 radical (unpaired) electrons. The van der Waals surface area contributed by atoms with Gasteiger partial charge in [-0.3, -0.25) is 4.99 Å². The molecule has 21 heavy (non-hydrogen) atoms. The first kappa shape index (κ1) is 18.1. The quantitative estimate of drug-likeness (QED) is 0.452. The maximum absolute atomic E-state index is 4.57. The van der Waals surface area contributed by atoms with E-state index >= 15 is 0 Å². The van der Waals surface area contributed by atoms with Gasteiger partial charge in [-0.05, 0) is 31.9 Å². The number of aliphatic imine (C=N–C) groups is 1. The van der Waals surface area contributed by atoms with E-state index in [1.807, 2.05) is 0 Å². The third-order valence-corrected chi connectivity index (χ3v) is 3.49. The van der Waals surface area contributed by atoms with Crippen molar-refractivity contribution in [2.24, 2.45) is 4.99 Å². The van der Waals surface area contributed by atoms with Crippen LogP contribution in [0.25, 0.3) is 0 Å². The lowest BCUT2D eigenvalue weighted by molar-refractivity contribution is 0.648. The van der Waals surface area contributed by atoms with E-state index in [9.17, 15) is 0 Å². The highest BCUT2D eigenvalue weighted by atomic mass is 127. The minimum atomic E-state index is 0. The topological polar surface area (TPSA) is 39.7 Å². The van der Waals surface area contributed by atoms with E-state index in [1.54, 1.807) is 0 Å². The van der Waals surface area contributed by atoms with Crippen molar-refractivity contribution in [1.82, 2.24) is 10.6 Å². The maximum Gasteiger partial charge on any atom is 0.191 e. The van der Waals surface area contributed by atoms with Crippen LogP contribution in [0.1, 0.15) is 26.7 Å². The molecular weight excluding hydrogens is 375 g/mol. The van der Waals surface area contributed by atoms with Crippen LogP contribution in [0.15, 0.2) is 35.3 Å². The maximum atomic E-state index is 4.57. The number of hydrogen-bond donors (Lipinski definition) is 2. The highest BCUT2D eigenvalue weighted by Crippen LogP contribution is 2.19. The number of nitrogens with zero attached hydrogens (tertiary/aromatic N) is 2. The van der Waals surface area contributed by atoms with Gasteiger partial charge in [-0.15, -0.1) is 24.0 Å². The first-order valence-electron chi connectivity index (χ1n) is 7.68. The van der Waals surface area contributed by atoms with Crippen LogP contribution in [-0.2, 0) is 0 Å². The van der Waals surface area contributed by atoms with Crippen molar-refractivity contribution in [1.29, 1.82) is 0 Å². The highest BCUT2D eigenvalue weighted by molar-refractivity contribution is 14.0. The average molecular weight is 402 g/mol. The smallest absolute Gasteiger partial charge is 0.191 e. The Bertz CT molecular complexity index is 422. The monoisotopic (exact) mass is 402 g/mol. The molecule has 1 atom stereocenters. The van der Waals surface area contributed by atoms with E-state index in [0.29, 0.717) is 6.04 Å². The molecule has 1 fully saturated rings. The second-order valence-corrected chi connectivity index (χ2v) is 5.17. The molecule has 0 bridgehead atoms. The zero-order chi connectivity index (χ0) is 14.2. The van der Waals surface area contributed by atoms with Gasteiger partial charge < -0.3 is 15.5 Å². The number of anilines is 1. The fourth-order valence-corrected chi connectivity index (χ4v) is 2.49. The number of rotatable bonds is 5. The molecule has 1 saturated heterocycles. The lowest BCUT2D eigenvalue weighted by Crippen LogP contribution is -2.44. The van der Waals surface area contributed by atoms with Crippen molar-refractivity contribution in [3.05, 3.63) is 30.3 Å². The largest absolute Gasteiger partial charge is 0.369 e. The van der Waals surface area contributed by atoms with Crippen molar-refractivity contribution in [3.8, 4) is 0 Å². The predicted molar refractivity (Wildman–Crippen MR) is 102 cm³/mol. The molecule has 5 heteroatoms.